The van der Waals surface area contributed by atoms with Gasteiger partial charge in [0.15, 0.2) is 5.78 Å². The van der Waals surface area contributed by atoms with Crippen molar-refractivity contribution >= 4 is 42.7 Å². The largest absolute Gasteiger partial charge is 0.334 e. The molecule has 0 radical (unpaired) electrons. The van der Waals surface area contributed by atoms with E-state index in [1.165, 1.54) is 0 Å². The van der Waals surface area contributed by atoms with Crippen molar-refractivity contribution in [3.8, 4) is 0 Å². The fourth-order valence-corrected chi connectivity index (χ4v) is 3.19. The summed E-state index contributed by atoms with van der Waals surface area (Å²) >= 11 is 12.0. The van der Waals surface area contributed by atoms with Gasteiger partial charge >= 0.3 is 0 Å². The molecule has 0 aliphatic carbocycles. The first-order valence-corrected chi connectivity index (χ1v) is 7.98. The average molecular weight is 343 g/mol. The monoisotopic (exact) mass is 342 g/mol. The Labute approximate surface area is 134 Å². The molecule has 0 amide bonds. The second kappa shape index (κ2) is 7.35. The molecule has 6 heteroatoms. The van der Waals surface area contributed by atoms with Crippen LogP contribution in [-0.4, -0.2) is 20.0 Å². The van der Waals surface area contributed by atoms with E-state index in [9.17, 15) is 4.79 Å². The van der Waals surface area contributed by atoms with Crippen LogP contribution in [0.2, 0.25) is 10.0 Å². The maximum atomic E-state index is 12.4. The molecule has 0 aliphatic rings. The number of rotatable bonds is 5. The Morgan fingerprint density at radius 3 is 2.19 bits per heavy atom. The van der Waals surface area contributed by atoms with Gasteiger partial charge < -0.3 is 9.05 Å². The van der Waals surface area contributed by atoms with Gasteiger partial charge in [-0.2, -0.15) is 0 Å². The third-order valence-electron chi connectivity index (χ3n) is 2.84. The summed E-state index contributed by atoms with van der Waals surface area (Å²) in [7, 11) is 2.06. The number of carbonyl (C=O) groups excluding carboxylic acids is 1. The van der Waals surface area contributed by atoms with Gasteiger partial charge in [-0.3, -0.25) is 4.79 Å². The van der Waals surface area contributed by atoms with Gasteiger partial charge in [0.25, 0.3) is 0 Å². The Morgan fingerprint density at radius 1 is 1.00 bits per heavy atom. The van der Waals surface area contributed by atoms with Crippen molar-refractivity contribution in [2.24, 2.45) is 0 Å². The minimum Gasteiger partial charge on any atom is -0.334 e. The number of hydrogen-bond acceptors (Lipinski definition) is 3. The smallest absolute Gasteiger partial charge is 0.204 e. The van der Waals surface area contributed by atoms with Gasteiger partial charge in [0, 0.05) is 35.7 Å². The maximum absolute atomic E-state index is 12.4. The van der Waals surface area contributed by atoms with Crippen molar-refractivity contribution in [3.05, 3.63) is 63.6 Å². The molecule has 2 aromatic carbocycles. The van der Waals surface area contributed by atoms with Crippen molar-refractivity contribution in [1.82, 2.24) is 0 Å². The van der Waals surface area contributed by atoms with Crippen LogP contribution in [0, 0.1) is 0 Å². The molecule has 0 N–H and O–H groups in total. The van der Waals surface area contributed by atoms with Crippen LogP contribution in [-0.2, 0) is 9.05 Å². The lowest BCUT2D eigenvalue weighted by molar-refractivity contribution is 0.103. The zero-order valence-corrected chi connectivity index (χ0v) is 13.9. The first-order valence-electron chi connectivity index (χ1n) is 6.05. The lowest BCUT2D eigenvalue weighted by Gasteiger charge is -2.12. The quantitative estimate of drug-likeness (QED) is 0.594. The molecule has 0 heterocycles. The third-order valence-corrected chi connectivity index (χ3v) is 4.79. The Morgan fingerprint density at radius 2 is 1.62 bits per heavy atom. The summed E-state index contributed by atoms with van der Waals surface area (Å²) in [6.45, 7) is 0. The van der Waals surface area contributed by atoms with E-state index in [0.717, 1.165) is 5.30 Å². The lowest BCUT2D eigenvalue weighted by atomic mass is 10.0. The maximum Gasteiger partial charge on any atom is 0.204 e. The van der Waals surface area contributed by atoms with E-state index < -0.39 is 8.38 Å². The van der Waals surface area contributed by atoms with E-state index >= 15 is 0 Å². The number of halogens is 2. The first-order chi connectivity index (χ1) is 10.1. The van der Waals surface area contributed by atoms with Crippen LogP contribution >= 0.6 is 31.6 Å². The minimum absolute atomic E-state index is 0.173. The number of ketones is 1. The summed E-state index contributed by atoms with van der Waals surface area (Å²) in [5.41, 5.74) is 0.919. The lowest BCUT2D eigenvalue weighted by Crippen LogP contribution is -2.07. The van der Waals surface area contributed by atoms with Crippen LogP contribution < -0.4 is 5.30 Å². The first kappa shape index (κ1) is 16.4. The van der Waals surface area contributed by atoms with Gasteiger partial charge in [0.1, 0.15) is 0 Å². The summed E-state index contributed by atoms with van der Waals surface area (Å²) < 4.78 is 10.4. The predicted octanol–water partition coefficient (Wildman–Crippen LogP) is 4.45. The Balaban J connectivity index is 2.30. The highest BCUT2D eigenvalue weighted by Gasteiger charge is 2.15. The molecule has 3 nitrogen and oxygen atoms in total. The highest BCUT2D eigenvalue weighted by atomic mass is 35.5. The summed E-state index contributed by atoms with van der Waals surface area (Å²) in [6, 6.07) is 11.9. The summed E-state index contributed by atoms with van der Waals surface area (Å²) in [6.07, 6.45) is 0. The third kappa shape index (κ3) is 3.82. The van der Waals surface area contributed by atoms with Crippen LogP contribution in [0.1, 0.15) is 15.9 Å². The predicted molar refractivity (Wildman–Crippen MR) is 86.9 cm³/mol. The number of hydrogen-bond donors (Lipinski definition) is 0. The summed E-state index contributed by atoms with van der Waals surface area (Å²) in [4.78, 5) is 12.4. The second-order valence-corrected chi connectivity index (χ2v) is 6.73. The van der Waals surface area contributed by atoms with Crippen LogP contribution in [0.15, 0.2) is 42.5 Å². The highest BCUT2D eigenvalue weighted by molar-refractivity contribution is 7.55. The Hall–Kier alpha value is -0.960. The van der Waals surface area contributed by atoms with Gasteiger partial charge in [-0.1, -0.05) is 35.3 Å². The van der Waals surface area contributed by atoms with Crippen molar-refractivity contribution in [2.45, 2.75) is 0 Å². The highest BCUT2D eigenvalue weighted by Crippen LogP contribution is 2.34. The molecule has 0 saturated heterocycles. The molecule has 0 saturated carbocycles. The van der Waals surface area contributed by atoms with Crippen LogP contribution in [0.5, 0.6) is 0 Å². The summed E-state index contributed by atoms with van der Waals surface area (Å²) in [5, 5.41) is 1.75. The molecule has 0 aliphatic heterocycles. The molecule has 2 aromatic rings. The van der Waals surface area contributed by atoms with Crippen molar-refractivity contribution < 1.29 is 13.8 Å². The molecule has 0 atom stereocenters. The van der Waals surface area contributed by atoms with Crippen molar-refractivity contribution in [2.75, 3.05) is 14.2 Å². The van der Waals surface area contributed by atoms with Gasteiger partial charge in [-0.15, -0.1) is 0 Å². The normalized spacial score (nSPS) is 10.9. The molecular formula is C15H13Cl2O3P. The molecule has 0 fully saturated rings. The number of carbonyl (C=O) groups is 1. The molecule has 0 spiro atoms. The van der Waals surface area contributed by atoms with E-state index in [0.29, 0.717) is 21.2 Å². The van der Waals surface area contributed by atoms with E-state index in [1.807, 2.05) is 12.1 Å². The minimum atomic E-state index is -1.11. The Bertz CT molecular complexity index is 640. The molecular weight excluding hydrogens is 330 g/mol. The van der Waals surface area contributed by atoms with E-state index in [4.69, 9.17) is 32.2 Å². The zero-order valence-electron chi connectivity index (χ0n) is 11.5. The van der Waals surface area contributed by atoms with Gasteiger partial charge in [-0.05, 0) is 30.3 Å². The van der Waals surface area contributed by atoms with Crippen molar-refractivity contribution in [1.29, 1.82) is 0 Å². The van der Waals surface area contributed by atoms with Crippen LogP contribution in [0.4, 0.5) is 0 Å². The van der Waals surface area contributed by atoms with Crippen LogP contribution in [0.25, 0.3) is 0 Å². The molecule has 0 bridgehead atoms. The number of benzene rings is 2. The van der Waals surface area contributed by atoms with Crippen molar-refractivity contribution in [3.63, 3.8) is 0 Å². The topological polar surface area (TPSA) is 35.5 Å². The molecule has 0 aromatic heterocycles. The van der Waals surface area contributed by atoms with E-state index in [2.05, 4.69) is 0 Å². The fourth-order valence-electron chi connectivity index (χ4n) is 1.85. The SMILES string of the molecule is COP(OC)c1ccc(C(=O)c2cc(Cl)ccc2Cl)cc1. The van der Waals surface area contributed by atoms with Gasteiger partial charge in [0.2, 0.25) is 8.38 Å². The molecule has 2 rings (SSSR count). The van der Waals surface area contributed by atoms with Gasteiger partial charge in [0.05, 0.1) is 5.02 Å². The molecule has 110 valence electrons. The van der Waals surface area contributed by atoms with Gasteiger partial charge in [-0.25, -0.2) is 0 Å². The van der Waals surface area contributed by atoms with E-state index in [-0.39, 0.29) is 5.78 Å². The molecule has 21 heavy (non-hydrogen) atoms. The second-order valence-electron chi connectivity index (χ2n) is 4.12. The fraction of sp³-hybridized carbons (Fsp3) is 0.133. The van der Waals surface area contributed by atoms with Crippen LogP contribution in [0.3, 0.4) is 0 Å². The standard InChI is InChI=1S/C15H13Cl2O3P/c1-19-21(20-2)12-6-3-10(4-7-12)15(18)13-9-11(16)5-8-14(13)17/h3-9H,1-2H3. The average Bonchev–Trinajstić information content (AvgIpc) is 2.51. The Kier molecular flexibility index (Phi) is 5.74. The summed E-state index contributed by atoms with van der Waals surface area (Å²) in [5.74, 6) is -0.173. The zero-order chi connectivity index (χ0) is 15.4. The molecule has 0 unspecified atom stereocenters. The van der Waals surface area contributed by atoms with E-state index in [1.54, 1.807) is 44.6 Å².